The second-order valence-electron chi connectivity index (χ2n) is 13.7. The molecule has 2 aromatic carbocycles. The fourth-order valence-electron chi connectivity index (χ4n) is 6.59. The molecule has 1 aliphatic heterocycles. The Morgan fingerprint density at radius 1 is 1.11 bits per heavy atom. The van der Waals surface area contributed by atoms with Gasteiger partial charge in [-0.25, -0.2) is 4.39 Å². The van der Waals surface area contributed by atoms with Gasteiger partial charge in [-0.1, -0.05) is 77.6 Å². The first-order chi connectivity index (χ1) is 20.9. The van der Waals surface area contributed by atoms with Gasteiger partial charge in [-0.3, -0.25) is 19.4 Å². The van der Waals surface area contributed by atoms with Gasteiger partial charge in [0.1, 0.15) is 17.2 Å². The van der Waals surface area contributed by atoms with Crippen LogP contribution in [-0.2, 0) is 9.59 Å². The lowest BCUT2D eigenvalue weighted by atomic mass is 9.77. The summed E-state index contributed by atoms with van der Waals surface area (Å²) in [5, 5.41) is 11.5. The van der Waals surface area contributed by atoms with E-state index in [0.29, 0.717) is 29.2 Å². The molecular weight excluding hydrogens is 557 g/mol. The molecule has 1 unspecified atom stereocenters. The van der Waals surface area contributed by atoms with E-state index in [1.165, 1.54) is 37.8 Å². The van der Waals surface area contributed by atoms with E-state index in [1.54, 1.807) is 24.3 Å². The zero-order chi connectivity index (χ0) is 31.9. The maximum Gasteiger partial charge on any atom is 0.305 e. The van der Waals surface area contributed by atoms with Crippen LogP contribution in [0.25, 0.3) is 0 Å². The first-order valence-electron chi connectivity index (χ1n) is 16.2. The Labute approximate surface area is 261 Å². The molecule has 2 aliphatic rings. The van der Waals surface area contributed by atoms with Crippen molar-refractivity contribution >= 4 is 23.5 Å². The summed E-state index contributed by atoms with van der Waals surface area (Å²) in [6.45, 7) is 8.83. The van der Waals surface area contributed by atoms with E-state index in [0.717, 1.165) is 37.7 Å². The number of carboxylic acid groups (broad SMARTS) is 1. The molecule has 0 saturated heterocycles. The molecule has 2 aromatic rings. The number of carbonyl (C=O) groups excluding carboxylic acids is 2. The number of benzene rings is 2. The molecule has 0 bridgehead atoms. The smallest absolute Gasteiger partial charge is 0.305 e. The SMILES string of the molecule is CCCCCC1CCC2(CC1)N=C(c1cccc(F)c1)C(=O)N2C(CCC(C)(C)C)c1ccc(C(=O)NCCC(=O)O)cc1. The molecule has 2 amide bonds. The summed E-state index contributed by atoms with van der Waals surface area (Å²) in [6, 6.07) is 13.2. The largest absolute Gasteiger partial charge is 0.481 e. The number of halogens is 1. The summed E-state index contributed by atoms with van der Waals surface area (Å²) in [4.78, 5) is 45.1. The predicted octanol–water partition coefficient (Wildman–Crippen LogP) is 7.70. The van der Waals surface area contributed by atoms with Crippen LogP contribution in [-0.4, -0.2) is 45.7 Å². The Morgan fingerprint density at radius 2 is 1.82 bits per heavy atom. The summed E-state index contributed by atoms with van der Waals surface area (Å²) in [5.41, 5.74) is 1.51. The molecule has 1 heterocycles. The second-order valence-corrected chi connectivity index (χ2v) is 13.7. The number of amides is 2. The van der Waals surface area contributed by atoms with Gasteiger partial charge >= 0.3 is 5.97 Å². The number of carbonyl (C=O) groups is 3. The van der Waals surface area contributed by atoms with Crippen molar-refractivity contribution in [3.05, 3.63) is 71.0 Å². The number of nitrogens with zero attached hydrogens (tertiary/aromatic N) is 2. The summed E-state index contributed by atoms with van der Waals surface area (Å²) in [5.74, 6) is -1.26. The van der Waals surface area contributed by atoms with E-state index in [-0.39, 0.29) is 36.2 Å². The molecule has 1 aliphatic carbocycles. The summed E-state index contributed by atoms with van der Waals surface area (Å²) in [6.07, 6.45) is 9.80. The van der Waals surface area contributed by atoms with Crippen LogP contribution in [0.2, 0.25) is 0 Å². The van der Waals surface area contributed by atoms with Gasteiger partial charge in [-0.2, -0.15) is 0 Å². The Kier molecular flexibility index (Phi) is 11.0. The van der Waals surface area contributed by atoms with E-state index in [1.807, 2.05) is 17.0 Å². The average Bonchev–Trinajstić information content (AvgIpc) is 3.25. The monoisotopic (exact) mass is 605 g/mol. The third kappa shape index (κ3) is 8.33. The third-order valence-electron chi connectivity index (χ3n) is 9.07. The number of aliphatic imine (C=N–C) groups is 1. The highest BCUT2D eigenvalue weighted by Gasteiger charge is 2.51. The van der Waals surface area contributed by atoms with Crippen molar-refractivity contribution in [3.8, 4) is 0 Å². The molecule has 44 heavy (non-hydrogen) atoms. The number of hydrogen-bond donors (Lipinski definition) is 2. The lowest BCUT2D eigenvalue weighted by Gasteiger charge is -2.46. The van der Waals surface area contributed by atoms with Gasteiger partial charge in [-0.05, 0) is 79.7 Å². The normalized spacial score (nSPS) is 20.9. The first kappa shape index (κ1) is 33.3. The van der Waals surface area contributed by atoms with Gasteiger partial charge in [-0.15, -0.1) is 0 Å². The molecule has 0 radical (unpaired) electrons. The highest BCUT2D eigenvalue weighted by atomic mass is 19.1. The molecule has 1 saturated carbocycles. The summed E-state index contributed by atoms with van der Waals surface area (Å²) in [7, 11) is 0. The lowest BCUT2D eigenvalue weighted by Crippen LogP contribution is -2.51. The van der Waals surface area contributed by atoms with E-state index in [4.69, 9.17) is 10.1 Å². The Balaban J connectivity index is 1.68. The molecule has 7 nitrogen and oxygen atoms in total. The third-order valence-corrected chi connectivity index (χ3v) is 9.07. The van der Waals surface area contributed by atoms with E-state index in [2.05, 4.69) is 33.0 Å². The number of carboxylic acids is 1. The number of nitrogens with one attached hydrogen (secondary N) is 1. The molecule has 8 heteroatoms. The van der Waals surface area contributed by atoms with Crippen molar-refractivity contribution in [1.82, 2.24) is 10.2 Å². The minimum Gasteiger partial charge on any atom is -0.481 e. The minimum atomic E-state index is -0.971. The molecule has 1 atom stereocenters. The maximum absolute atomic E-state index is 14.4. The zero-order valence-corrected chi connectivity index (χ0v) is 26.7. The van der Waals surface area contributed by atoms with Crippen molar-refractivity contribution in [2.75, 3.05) is 6.54 Å². The molecule has 4 rings (SSSR count). The van der Waals surface area contributed by atoms with Crippen molar-refractivity contribution < 1.29 is 23.9 Å². The van der Waals surface area contributed by atoms with E-state index in [9.17, 15) is 18.8 Å². The van der Waals surface area contributed by atoms with E-state index >= 15 is 0 Å². The minimum absolute atomic E-state index is 0.0291. The summed E-state index contributed by atoms with van der Waals surface area (Å²) >= 11 is 0. The lowest BCUT2D eigenvalue weighted by molar-refractivity contribution is -0.137. The van der Waals surface area contributed by atoms with Gasteiger partial charge < -0.3 is 15.3 Å². The molecule has 1 fully saturated rings. The van der Waals surface area contributed by atoms with Crippen molar-refractivity contribution in [1.29, 1.82) is 0 Å². The Bertz CT molecular complexity index is 1340. The molecule has 1 spiro atoms. The van der Waals surface area contributed by atoms with Crippen molar-refractivity contribution in [3.63, 3.8) is 0 Å². The Morgan fingerprint density at radius 3 is 2.43 bits per heavy atom. The fraction of sp³-hybridized carbons (Fsp3) is 0.556. The van der Waals surface area contributed by atoms with Gasteiger partial charge in [0, 0.05) is 17.7 Å². The van der Waals surface area contributed by atoms with Crippen LogP contribution in [0.15, 0.2) is 53.5 Å². The highest BCUT2D eigenvalue weighted by molar-refractivity contribution is 6.46. The van der Waals surface area contributed by atoms with Crippen LogP contribution in [0.5, 0.6) is 0 Å². The van der Waals surface area contributed by atoms with Crippen LogP contribution in [0, 0.1) is 17.2 Å². The molecular formula is C36H48FN3O4. The molecule has 238 valence electrons. The number of hydrogen-bond acceptors (Lipinski definition) is 4. The van der Waals surface area contributed by atoms with Crippen molar-refractivity contribution in [2.24, 2.45) is 16.3 Å². The number of unbranched alkanes of at least 4 members (excludes halogenated alkanes) is 2. The first-order valence-corrected chi connectivity index (χ1v) is 16.2. The van der Waals surface area contributed by atoms with Gasteiger partial charge in [0.15, 0.2) is 0 Å². The Hall–Kier alpha value is -3.55. The van der Waals surface area contributed by atoms with Crippen molar-refractivity contribution in [2.45, 2.75) is 110 Å². The summed E-state index contributed by atoms with van der Waals surface area (Å²) < 4.78 is 14.3. The van der Waals surface area contributed by atoms with Crippen LogP contribution in [0.1, 0.15) is 126 Å². The molecule has 2 N–H and O–H groups in total. The number of aliphatic carboxylic acids is 1. The fourth-order valence-corrected chi connectivity index (χ4v) is 6.59. The van der Waals surface area contributed by atoms with Crippen LogP contribution in [0.4, 0.5) is 4.39 Å². The standard InChI is InChI=1S/C36H48FN3O4/c1-5-6-7-9-25-16-21-36(22-17-25)39-32(28-10-8-11-29(37)24-28)34(44)40(36)30(18-20-35(2,3)4)26-12-14-27(15-13-26)33(43)38-23-19-31(41)42/h8,10-15,24-25,30H,5-7,9,16-23H2,1-4H3,(H,38,43)(H,41,42). The quantitative estimate of drug-likeness (QED) is 0.229. The van der Waals surface area contributed by atoms with E-state index < -0.39 is 17.4 Å². The highest BCUT2D eigenvalue weighted by Crippen LogP contribution is 2.48. The average molecular weight is 606 g/mol. The van der Waals surface area contributed by atoms with Crippen LogP contribution >= 0.6 is 0 Å². The predicted molar refractivity (Wildman–Crippen MR) is 171 cm³/mol. The number of rotatable bonds is 13. The topological polar surface area (TPSA) is 99.1 Å². The van der Waals surface area contributed by atoms with Gasteiger partial charge in [0.05, 0.1) is 12.5 Å². The second kappa shape index (κ2) is 14.5. The van der Waals surface area contributed by atoms with Crippen LogP contribution < -0.4 is 5.32 Å². The zero-order valence-electron chi connectivity index (χ0n) is 26.7. The van der Waals surface area contributed by atoms with Gasteiger partial charge in [0.25, 0.3) is 11.8 Å². The maximum atomic E-state index is 14.4. The molecule has 0 aromatic heterocycles. The van der Waals surface area contributed by atoms with Crippen LogP contribution in [0.3, 0.4) is 0 Å². The van der Waals surface area contributed by atoms with Gasteiger partial charge in [0.2, 0.25) is 0 Å².